The summed E-state index contributed by atoms with van der Waals surface area (Å²) in [4.78, 5) is 30.7. The number of carbonyl (C=O) groups excluding carboxylic acids is 1. The van der Waals surface area contributed by atoms with Gasteiger partial charge in [-0.25, -0.2) is 4.98 Å². The Kier molecular flexibility index (Phi) is 8.37. The fraction of sp³-hybridized carbons (Fsp3) is 0.500. The van der Waals surface area contributed by atoms with Crippen molar-refractivity contribution in [2.45, 2.75) is 91.4 Å². The second-order valence-electron chi connectivity index (χ2n) is 9.80. The highest BCUT2D eigenvalue weighted by Crippen LogP contribution is 2.29. The van der Waals surface area contributed by atoms with Gasteiger partial charge in [-0.3, -0.25) is 14.0 Å². The zero-order valence-electron chi connectivity index (χ0n) is 21.4. The number of ether oxygens (including phenoxy) is 1. The van der Waals surface area contributed by atoms with Gasteiger partial charge in [0, 0.05) is 6.42 Å². The summed E-state index contributed by atoms with van der Waals surface area (Å²) in [6, 6.07) is 9.45. The molecule has 5 heteroatoms. The van der Waals surface area contributed by atoms with E-state index in [-0.39, 0.29) is 11.4 Å². The predicted octanol–water partition coefficient (Wildman–Crippen LogP) is 7.46. The van der Waals surface area contributed by atoms with Crippen LogP contribution in [0, 0.1) is 5.92 Å². The number of hydrogen-bond donors (Lipinski definition) is 0. The molecule has 2 aromatic heterocycles. The molecule has 0 saturated heterocycles. The molecule has 0 aliphatic carbocycles. The van der Waals surface area contributed by atoms with Gasteiger partial charge < -0.3 is 4.74 Å². The molecule has 0 atom stereocenters. The Morgan fingerprint density at radius 3 is 2.57 bits per heavy atom. The van der Waals surface area contributed by atoms with Gasteiger partial charge in [-0.2, -0.15) is 0 Å². The zero-order chi connectivity index (χ0) is 24.8. The van der Waals surface area contributed by atoms with Crippen molar-refractivity contribution < 1.29 is 9.53 Å². The maximum absolute atomic E-state index is 13.8. The number of hydrogen-bond acceptors (Lipinski definition) is 4. The third-order valence-electron chi connectivity index (χ3n) is 7.42. The number of aromatic nitrogens is 2. The number of esters is 1. The van der Waals surface area contributed by atoms with E-state index in [2.05, 4.69) is 31.8 Å². The van der Waals surface area contributed by atoms with Crippen molar-refractivity contribution in [1.29, 1.82) is 0 Å². The van der Waals surface area contributed by atoms with Gasteiger partial charge in [0.1, 0.15) is 12.1 Å². The van der Waals surface area contributed by atoms with Gasteiger partial charge in [-0.1, -0.05) is 71.8 Å². The molecular formula is C30H38N2O3. The van der Waals surface area contributed by atoms with Crippen LogP contribution < -0.4 is 10.2 Å². The molecule has 0 amide bonds. The summed E-state index contributed by atoms with van der Waals surface area (Å²) < 4.78 is 7.61. The van der Waals surface area contributed by atoms with E-state index in [1.807, 2.05) is 16.5 Å². The average molecular weight is 475 g/mol. The Balaban J connectivity index is 1.62. The highest BCUT2D eigenvalue weighted by Gasteiger charge is 2.18. The largest absolute Gasteiger partial charge is 0.427 e. The van der Waals surface area contributed by atoms with Gasteiger partial charge in [0.25, 0.3) is 0 Å². The molecule has 35 heavy (non-hydrogen) atoms. The van der Waals surface area contributed by atoms with Gasteiger partial charge in [-0.05, 0) is 55.0 Å². The fourth-order valence-corrected chi connectivity index (χ4v) is 5.23. The number of pyridine rings is 1. The van der Waals surface area contributed by atoms with Gasteiger partial charge in [0.15, 0.2) is 5.43 Å². The van der Waals surface area contributed by atoms with Crippen LogP contribution in [0.3, 0.4) is 0 Å². The van der Waals surface area contributed by atoms with Crippen LogP contribution in [0.5, 0.6) is 5.75 Å². The topological polar surface area (TPSA) is 60.7 Å². The smallest absolute Gasteiger partial charge is 0.311 e. The van der Waals surface area contributed by atoms with Gasteiger partial charge in [-0.15, -0.1) is 0 Å². The minimum atomic E-state index is -0.239. The van der Waals surface area contributed by atoms with E-state index < -0.39 is 0 Å². The summed E-state index contributed by atoms with van der Waals surface area (Å²) in [7, 11) is 0. The van der Waals surface area contributed by atoms with E-state index in [4.69, 9.17) is 4.74 Å². The normalized spacial score (nSPS) is 11.9. The summed E-state index contributed by atoms with van der Waals surface area (Å²) in [5.74, 6) is 0.930. The number of unbranched alkanes of at least 4 members (excludes halogenated alkanes) is 4. The second kappa shape index (κ2) is 11.7. The molecule has 4 aromatic rings. The third-order valence-corrected chi connectivity index (χ3v) is 7.42. The zero-order valence-corrected chi connectivity index (χ0v) is 21.4. The van der Waals surface area contributed by atoms with E-state index in [0.29, 0.717) is 17.6 Å². The summed E-state index contributed by atoms with van der Waals surface area (Å²) in [5, 5.41) is 1.31. The number of rotatable bonds is 13. The quantitative estimate of drug-likeness (QED) is 0.0873. The maximum atomic E-state index is 13.8. The van der Waals surface area contributed by atoms with Crippen molar-refractivity contribution in [3.8, 4) is 5.75 Å². The van der Waals surface area contributed by atoms with Crippen LogP contribution in [0.4, 0.5) is 0 Å². The van der Waals surface area contributed by atoms with Crippen LogP contribution in [0.25, 0.3) is 27.3 Å². The van der Waals surface area contributed by atoms with E-state index in [9.17, 15) is 9.59 Å². The van der Waals surface area contributed by atoms with Crippen LogP contribution in [0.15, 0.2) is 41.5 Å². The highest BCUT2D eigenvalue weighted by molar-refractivity contribution is 6.03. The number of aryl methyl sites for hydroxylation is 1. The lowest BCUT2D eigenvalue weighted by molar-refractivity contribution is -0.134. The summed E-state index contributed by atoms with van der Waals surface area (Å²) >= 11 is 0. The number of fused-ring (bicyclic) bond motifs is 2. The van der Waals surface area contributed by atoms with Crippen molar-refractivity contribution in [2.24, 2.45) is 5.92 Å². The van der Waals surface area contributed by atoms with E-state index in [1.54, 1.807) is 18.5 Å². The van der Waals surface area contributed by atoms with Crippen molar-refractivity contribution in [3.05, 3.63) is 52.4 Å². The monoisotopic (exact) mass is 474 g/mol. The lowest BCUT2D eigenvalue weighted by Crippen LogP contribution is -2.11. The molecule has 2 aromatic carbocycles. The lowest BCUT2D eigenvalue weighted by Gasteiger charge is -2.13. The van der Waals surface area contributed by atoms with Crippen molar-refractivity contribution >= 4 is 33.3 Å². The molecule has 0 unspecified atom stereocenters. The van der Waals surface area contributed by atoms with Crippen LogP contribution in [0.1, 0.15) is 90.5 Å². The molecule has 0 saturated carbocycles. The molecule has 0 N–H and O–H groups in total. The molecule has 0 fully saturated rings. The van der Waals surface area contributed by atoms with E-state index in [0.717, 1.165) is 65.5 Å². The molecule has 0 aliphatic rings. The maximum Gasteiger partial charge on any atom is 0.311 e. The first-order valence-electron chi connectivity index (χ1n) is 13.5. The summed E-state index contributed by atoms with van der Waals surface area (Å²) in [6.07, 6.45) is 13.1. The first-order valence-corrected chi connectivity index (χ1v) is 13.5. The Morgan fingerprint density at radius 1 is 1.00 bits per heavy atom. The predicted molar refractivity (Wildman–Crippen MR) is 144 cm³/mol. The number of carbonyl (C=O) groups is 1. The van der Waals surface area contributed by atoms with Crippen LogP contribution in [0.2, 0.25) is 0 Å². The Hall–Kier alpha value is -2.95. The molecule has 186 valence electrons. The number of nitrogens with zero attached hydrogens (tertiary/aromatic N) is 2. The van der Waals surface area contributed by atoms with E-state index in [1.165, 1.54) is 32.1 Å². The Labute approximate surface area is 207 Å². The first-order chi connectivity index (χ1) is 17.1. The SMILES string of the molecule is CCCCCCCC(=O)Oc1ccc2c(c1)c(=O)c1c(CCCC(CC)CC)ccc3ncn2c31. The molecule has 0 aliphatic heterocycles. The van der Waals surface area contributed by atoms with Crippen LogP contribution >= 0.6 is 0 Å². The van der Waals surface area contributed by atoms with E-state index >= 15 is 0 Å². The minimum Gasteiger partial charge on any atom is -0.427 e. The molecule has 5 nitrogen and oxygen atoms in total. The molecule has 4 rings (SSSR count). The fourth-order valence-electron chi connectivity index (χ4n) is 5.23. The molecule has 0 spiro atoms. The Morgan fingerprint density at radius 2 is 1.80 bits per heavy atom. The number of imidazole rings is 1. The third kappa shape index (κ3) is 5.50. The minimum absolute atomic E-state index is 0.00593. The first kappa shape index (κ1) is 25.2. The van der Waals surface area contributed by atoms with Crippen molar-refractivity contribution in [2.75, 3.05) is 0 Å². The number of benzene rings is 2. The molecule has 0 bridgehead atoms. The van der Waals surface area contributed by atoms with Crippen LogP contribution in [-0.4, -0.2) is 15.4 Å². The van der Waals surface area contributed by atoms with Gasteiger partial charge in [0.05, 0.1) is 27.3 Å². The lowest BCUT2D eigenvalue weighted by atomic mass is 9.93. The van der Waals surface area contributed by atoms with Crippen molar-refractivity contribution in [1.82, 2.24) is 9.38 Å². The van der Waals surface area contributed by atoms with Gasteiger partial charge in [0.2, 0.25) is 0 Å². The molecular weight excluding hydrogens is 436 g/mol. The Bertz CT molecular complexity index is 1340. The second-order valence-corrected chi connectivity index (χ2v) is 9.80. The molecule has 2 heterocycles. The van der Waals surface area contributed by atoms with Crippen LogP contribution in [-0.2, 0) is 11.2 Å². The molecule has 0 radical (unpaired) electrons. The highest BCUT2D eigenvalue weighted by atomic mass is 16.5. The standard InChI is InChI=1S/C30H38N2O3/c1-4-7-8-9-10-14-27(33)35-23-16-18-26-24(19-23)30(34)28-22(13-11-12-21(5-2)6-3)15-17-25-29(28)32(26)20-31-25/h15-21H,4-14H2,1-3H3. The summed E-state index contributed by atoms with van der Waals surface area (Å²) in [5.41, 5.74) is 3.59. The average Bonchev–Trinajstić information content (AvgIpc) is 3.30. The van der Waals surface area contributed by atoms with Crippen molar-refractivity contribution in [3.63, 3.8) is 0 Å². The van der Waals surface area contributed by atoms with Gasteiger partial charge >= 0.3 is 5.97 Å². The summed E-state index contributed by atoms with van der Waals surface area (Å²) in [6.45, 7) is 6.68.